The Morgan fingerprint density at radius 3 is 2.79 bits per heavy atom. The predicted octanol–water partition coefficient (Wildman–Crippen LogP) is 2.07. The zero-order valence-electron chi connectivity index (χ0n) is 17.4. The maximum absolute atomic E-state index is 12.2. The van der Waals surface area contributed by atoms with Crippen LogP contribution in [0.15, 0.2) is 18.3 Å². The van der Waals surface area contributed by atoms with Crippen molar-refractivity contribution in [3.8, 4) is 0 Å². The Morgan fingerprint density at radius 1 is 1.31 bits per heavy atom. The molecular formula is C21H30N6O2. The van der Waals surface area contributed by atoms with Gasteiger partial charge in [-0.05, 0) is 44.2 Å². The highest BCUT2D eigenvalue weighted by Crippen LogP contribution is 2.35. The standard InChI is InChI=1S/C21H30N6O2/c1-24(2)20(28)19-12-18-14-29-21(15-26(18)23-19)7-10-25(11-8-21)13-17-6-9-22-27(17)16-4-3-5-16/h6,9,12,16H,3-5,7-8,10-11,13-15H2,1-2H3. The van der Waals surface area contributed by atoms with Crippen LogP contribution in [0.1, 0.15) is 60.0 Å². The molecule has 0 radical (unpaired) electrons. The number of amides is 1. The minimum atomic E-state index is -0.165. The summed E-state index contributed by atoms with van der Waals surface area (Å²) in [5.74, 6) is -0.0566. The number of rotatable bonds is 4. The van der Waals surface area contributed by atoms with Gasteiger partial charge < -0.3 is 9.64 Å². The van der Waals surface area contributed by atoms with Crippen LogP contribution in [-0.4, -0.2) is 68.1 Å². The van der Waals surface area contributed by atoms with E-state index in [9.17, 15) is 4.79 Å². The molecule has 0 aromatic carbocycles. The zero-order chi connectivity index (χ0) is 20.0. The zero-order valence-corrected chi connectivity index (χ0v) is 17.4. The largest absolute Gasteiger partial charge is 0.367 e. The Labute approximate surface area is 171 Å². The van der Waals surface area contributed by atoms with Gasteiger partial charge in [0.15, 0.2) is 5.69 Å². The van der Waals surface area contributed by atoms with E-state index in [1.807, 2.05) is 16.9 Å². The van der Waals surface area contributed by atoms with Crippen molar-refractivity contribution in [2.45, 2.75) is 63.4 Å². The summed E-state index contributed by atoms with van der Waals surface area (Å²) in [7, 11) is 3.51. The number of likely N-dealkylation sites (tertiary alicyclic amines) is 1. The normalized spacial score (nSPS) is 21.7. The Bertz CT molecular complexity index is 889. The van der Waals surface area contributed by atoms with Crippen LogP contribution in [0.25, 0.3) is 0 Å². The molecule has 1 saturated carbocycles. The average Bonchev–Trinajstić information content (AvgIpc) is 3.28. The number of aromatic nitrogens is 4. The van der Waals surface area contributed by atoms with Gasteiger partial charge in [0, 0.05) is 39.9 Å². The molecule has 2 aromatic rings. The van der Waals surface area contributed by atoms with Gasteiger partial charge in [0.05, 0.1) is 36.2 Å². The van der Waals surface area contributed by atoms with Gasteiger partial charge in [0.25, 0.3) is 5.91 Å². The number of nitrogens with zero attached hydrogens (tertiary/aromatic N) is 6. The second kappa shape index (κ2) is 7.25. The Morgan fingerprint density at radius 2 is 2.10 bits per heavy atom. The molecule has 1 aliphatic carbocycles. The fourth-order valence-corrected chi connectivity index (χ4v) is 4.66. The highest BCUT2D eigenvalue weighted by Gasteiger charge is 2.40. The van der Waals surface area contributed by atoms with E-state index in [4.69, 9.17) is 4.74 Å². The first-order valence-electron chi connectivity index (χ1n) is 10.7. The first-order chi connectivity index (χ1) is 14.0. The molecule has 1 spiro atoms. The topological polar surface area (TPSA) is 68.4 Å². The fourth-order valence-electron chi connectivity index (χ4n) is 4.66. The molecule has 2 fully saturated rings. The molecule has 3 aliphatic rings. The van der Waals surface area contributed by atoms with Crippen LogP contribution in [0.3, 0.4) is 0 Å². The van der Waals surface area contributed by atoms with Crippen molar-refractivity contribution in [2.75, 3.05) is 27.2 Å². The molecule has 8 nitrogen and oxygen atoms in total. The van der Waals surface area contributed by atoms with E-state index in [2.05, 4.69) is 25.8 Å². The number of carbonyl (C=O) groups excluding carboxylic acids is 1. The summed E-state index contributed by atoms with van der Waals surface area (Å²) in [6.07, 6.45) is 7.76. The molecule has 156 valence electrons. The van der Waals surface area contributed by atoms with Gasteiger partial charge >= 0.3 is 0 Å². The number of ether oxygens (including phenoxy) is 1. The van der Waals surface area contributed by atoms with Gasteiger partial charge in [-0.1, -0.05) is 0 Å². The third-order valence-electron chi connectivity index (χ3n) is 6.78. The van der Waals surface area contributed by atoms with Crippen molar-refractivity contribution >= 4 is 5.91 Å². The highest BCUT2D eigenvalue weighted by molar-refractivity contribution is 5.92. The molecule has 1 saturated heterocycles. The van der Waals surface area contributed by atoms with Crippen molar-refractivity contribution < 1.29 is 9.53 Å². The lowest BCUT2D eigenvalue weighted by Crippen LogP contribution is -2.50. The fraction of sp³-hybridized carbons (Fsp3) is 0.667. The average molecular weight is 399 g/mol. The molecule has 2 aromatic heterocycles. The van der Waals surface area contributed by atoms with Crippen molar-refractivity contribution in [1.82, 2.24) is 29.4 Å². The molecule has 0 bridgehead atoms. The lowest BCUT2D eigenvalue weighted by atomic mass is 9.89. The maximum Gasteiger partial charge on any atom is 0.273 e. The van der Waals surface area contributed by atoms with Crippen LogP contribution in [0.4, 0.5) is 0 Å². The smallest absolute Gasteiger partial charge is 0.273 e. The molecule has 1 amide bonds. The van der Waals surface area contributed by atoms with E-state index in [0.717, 1.165) is 44.7 Å². The van der Waals surface area contributed by atoms with Gasteiger partial charge in [-0.3, -0.25) is 19.1 Å². The van der Waals surface area contributed by atoms with Crippen molar-refractivity contribution in [3.63, 3.8) is 0 Å². The van der Waals surface area contributed by atoms with E-state index in [1.54, 1.807) is 19.0 Å². The van der Waals surface area contributed by atoms with Crippen LogP contribution in [0, 0.1) is 0 Å². The Kier molecular flexibility index (Phi) is 4.70. The lowest BCUT2D eigenvalue weighted by molar-refractivity contribution is -0.124. The quantitative estimate of drug-likeness (QED) is 0.789. The molecule has 0 atom stereocenters. The number of hydrogen-bond donors (Lipinski definition) is 0. The van der Waals surface area contributed by atoms with Crippen LogP contribution >= 0.6 is 0 Å². The summed E-state index contributed by atoms with van der Waals surface area (Å²) in [6, 6.07) is 4.64. The van der Waals surface area contributed by atoms with E-state index >= 15 is 0 Å². The summed E-state index contributed by atoms with van der Waals surface area (Å²) >= 11 is 0. The second-order valence-corrected chi connectivity index (χ2v) is 8.98. The Hall–Kier alpha value is -2.19. The summed E-state index contributed by atoms with van der Waals surface area (Å²) in [5.41, 5.74) is 2.67. The number of fused-ring (bicyclic) bond motifs is 1. The first-order valence-corrected chi connectivity index (χ1v) is 10.7. The van der Waals surface area contributed by atoms with Gasteiger partial charge in [-0.25, -0.2) is 0 Å². The van der Waals surface area contributed by atoms with E-state index in [-0.39, 0.29) is 11.5 Å². The summed E-state index contributed by atoms with van der Waals surface area (Å²) < 4.78 is 10.6. The molecule has 8 heteroatoms. The SMILES string of the molecule is CN(C)C(=O)c1cc2n(n1)CC1(CCN(Cc3ccnn3C3CCC3)CC1)OC2. The van der Waals surface area contributed by atoms with Crippen molar-refractivity contribution in [2.24, 2.45) is 0 Å². The molecule has 5 rings (SSSR count). The van der Waals surface area contributed by atoms with Crippen LogP contribution in [0.2, 0.25) is 0 Å². The Balaban J connectivity index is 1.22. The lowest BCUT2D eigenvalue weighted by Gasteiger charge is -2.44. The summed E-state index contributed by atoms with van der Waals surface area (Å²) in [6.45, 7) is 4.24. The molecule has 0 unspecified atom stereocenters. The first kappa shape index (κ1) is 18.8. The van der Waals surface area contributed by atoms with Gasteiger partial charge in [-0.15, -0.1) is 0 Å². The minimum absolute atomic E-state index is 0.0566. The molecular weight excluding hydrogens is 368 g/mol. The minimum Gasteiger partial charge on any atom is -0.367 e. The number of carbonyl (C=O) groups is 1. The van der Waals surface area contributed by atoms with E-state index < -0.39 is 0 Å². The number of piperidine rings is 1. The van der Waals surface area contributed by atoms with E-state index in [0.29, 0.717) is 18.3 Å². The monoisotopic (exact) mass is 398 g/mol. The van der Waals surface area contributed by atoms with Crippen molar-refractivity contribution in [3.05, 3.63) is 35.4 Å². The second-order valence-electron chi connectivity index (χ2n) is 8.98. The molecule has 0 N–H and O–H groups in total. The van der Waals surface area contributed by atoms with Crippen LogP contribution < -0.4 is 0 Å². The van der Waals surface area contributed by atoms with Crippen molar-refractivity contribution in [1.29, 1.82) is 0 Å². The summed E-state index contributed by atoms with van der Waals surface area (Å²) in [5, 5.41) is 9.13. The molecule has 4 heterocycles. The third kappa shape index (κ3) is 3.48. The number of hydrogen-bond acceptors (Lipinski definition) is 5. The van der Waals surface area contributed by atoms with E-state index in [1.165, 1.54) is 25.0 Å². The van der Waals surface area contributed by atoms with Gasteiger partial charge in [-0.2, -0.15) is 10.2 Å². The van der Waals surface area contributed by atoms with Gasteiger partial charge in [0.2, 0.25) is 0 Å². The highest BCUT2D eigenvalue weighted by atomic mass is 16.5. The van der Waals surface area contributed by atoms with Crippen LogP contribution in [0.5, 0.6) is 0 Å². The summed E-state index contributed by atoms with van der Waals surface area (Å²) in [4.78, 5) is 16.3. The third-order valence-corrected chi connectivity index (χ3v) is 6.78. The molecule has 29 heavy (non-hydrogen) atoms. The predicted molar refractivity (Wildman–Crippen MR) is 107 cm³/mol. The maximum atomic E-state index is 12.2. The van der Waals surface area contributed by atoms with Gasteiger partial charge in [0.1, 0.15) is 0 Å². The molecule has 2 aliphatic heterocycles. The van der Waals surface area contributed by atoms with Crippen LogP contribution in [-0.2, 0) is 24.4 Å².